The zero-order valence-corrected chi connectivity index (χ0v) is 12.1. The maximum Gasteiger partial charge on any atom is 0.178 e. The number of carbonyl (C=O) groups excluding carboxylic acids is 1. The molecule has 4 nitrogen and oxygen atoms in total. The van der Waals surface area contributed by atoms with E-state index in [-0.39, 0.29) is 5.78 Å². The van der Waals surface area contributed by atoms with E-state index in [1.807, 2.05) is 6.07 Å². The smallest absolute Gasteiger partial charge is 0.178 e. The van der Waals surface area contributed by atoms with Crippen LogP contribution in [0.1, 0.15) is 17.4 Å². The number of rotatable bonds is 4. The monoisotopic (exact) mass is 321 g/mol. The molecule has 2 rings (SSSR count). The van der Waals surface area contributed by atoms with Crippen molar-refractivity contribution in [2.75, 3.05) is 7.11 Å². The standard InChI is InChI=1S/C14H12BrNO3/c1-9(17)13-5-3-11(8-16-13)19-14-6-4-10(18-2)7-12(14)15/h3-8H,1-2H3. The van der Waals surface area contributed by atoms with Gasteiger partial charge in [0.2, 0.25) is 0 Å². The molecule has 0 atom stereocenters. The number of hydrogen-bond acceptors (Lipinski definition) is 4. The van der Waals surface area contributed by atoms with Crippen molar-refractivity contribution in [1.82, 2.24) is 4.98 Å². The molecule has 0 spiro atoms. The molecule has 0 bridgehead atoms. The Kier molecular flexibility index (Phi) is 4.16. The van der Waals surface area contributed by atoms with Gasteiger partial charge < -0.3 is 9.47 Å². The highest BCUT2D eigenvalue weighted by molar-refractivity contribution is 9.10. The zero-order valence-electron chi connectivity index (χ0n) is 10.5. The van der Waals surface area contributed by atoms with E-state index in [9.17, 15) is 4.79 Å². The van der Waals surface area contributed by atoms with E-state index in [1.165, 1.54) is 13.1 Å². The summed E-state index contributed by atoms with van der Waals surface area (Å²) in [6.45, 7) is 1.48. The Bertz CT molecular complexity index is 596. The minimum Gasteiger partial charge on any atom is -0.497 e. The van der Waals surface area contributed by atoms with Gasteiger partial charge >= 0.3 is 0 Å². The number of ether oxygens (including phenoxy) is 2. The van der Waals surface area contributed by atoms with Gasteiger partial charge in [-0.05, 0) is 46.3 Å². The first-order valence-electron chi connectivity index (χ1n) is 5.58. The number of benzene rings is 1. The lowest BCUT2D eigenvalue weighted by Gasteiger charge is -2.09. The van der Waals surface area contributed by atoms with Crippen molar-refractivity contribution < 1.29 is 14.3 Å². The molecule has 0 fully saturated rings. The summed E-state index contributed by atoms with van der Waals surface area (Å²) >= 11 is 3.40. The molecule has 1 aromatic heterocycles. The predicted molar refractivity (Wildman–Crippen MR) is 75.0 cm³/mol. The average molecular weight is 322 g/mol. The molecular weight excluding hydrogens is 310 g/mol. The molecule has 0 amide bonds. The molecule has 0 N–H and O–H groups in total. The van der Waals surface area contributed by atoms with E-state index in [2.05, 4.69) is 20.9 Å². The molecule has 5 heteroatoms. The Morgan fingerprint density at radius 3 is 2.47 bits per heavy atom. The topological polar surface area (TPSA) is 48.4 Å². The van der Waals surface area contributed by atoms with E-state index in [0.29, 0.717) is 17.2 Å². The fraction of sp³-hybridized carbons (Fsp3) is 0.143. The van der Waals surface area contributed by atoms with Crippen LogP contribution in [-0.2, 0) is 0 Å². The molecular formula is C14H12BrNO3. The quantitative estimate of drug-likeness (QED) is 0.802. The first-order valence-corrected chi connectivity index (χ1v) is 6.38. The van der Waals surface area contributed by atoms with Crippen LogP contribution in [0, 0.1) is 0 Å². The Morgan fingerprint density at radius 1 is 1.21 bits per heavy atom. The lowest BCUT2D eigenvalue weighted by atomic mass is 10.3. The molecule has 0 aliphatic carbocycles. The highest BCUT2D eigenvalue weighted by Crippen LogP contribution is 2.32. The maximum atomic E-state index is 11.1. The number of aromatic nitrogens is 1. The van der Waals surface area contributed by atoms with Gasteiger partial charge in [-0.15, -0.1) is 0 Å². The third kappa shape index (κ3) is 3.32. The molecule has 1 aromatic carbocycles. The summed E-state index contributed by atoms with van der Waals surface area (Å²) in [7, 11) is 1.60. The second-order valence-corrected chi connectivity index (χ2v) is 4.69. The molecule has 0 saturated heterocycles. The number of pyridine rings is 1. The molecule has 2 aromatic rings. The van der Waals surface area contributed by atoms with Gasteiger partial charge in [-0.25, -0.2) is 4.98 Å². The SMILES string of the molecule is COc1ccc(Oc2ccc(C(C)=O)nc2)c(Br)c1. The van der Waals surface area contributed by atoms with Gasteiger partial charge in [0.15, 0.2) is 5.78 Å². The Balaban J connectivity index is 2.19. The van der Waals surface area contributed by atoms with E-state index in [0.717, 1.165) is 10.2 Å². The van der Waals surface area contributed by atoms with Crippen LogP contribution >= 0.6 is 15.9 Å². The highest BCUT2D eigenvalue weighted by atomic mass is 79.9. The van der Waals surface area contributed by atoms with Crippen LogP contribution in [0.15, 0.2) is 41.0 Å². The molecule has 0 unspecified atom stereocenters. The minimum absolute atomic E-state index is 0.0721. The van der Waals surface area contributed by atoms with Crippen molar-refractivity contribution in [3.05, 3.63) is 46.7 Å². The van der Waals surface area contributed by atoms with Crippen LogP contribution in [-0.4, -0.2) is 17.9 Å². The van der Waals surface area contributed by atoms with Crippen molar-refractivity contribution in [2.24, 2.45) is 0 Å². The van der Waals surface area contributed by atoms with Gasteiger partial charge in [0.05, 0.1) is 17.8 Å². The molecule has 98 valence electrons. The third-order valence-corrected chi connectivity index (χ3v) is 3.08. The van der Waals surface area contributed by atoms with Crippen LogP contribution in [0.25, 0.3) is 0 Å². The van der Waals surface area contributed by atoms with Crippen LogP contribution in [0.2, 0.25) is 0 Å². The molecule has 1 heterocycles. The number of halogens is 1. The summed E-state index contributed by atoms with van der Waals surface area (Å²) in [5, 5.41) is 0. The number of methoxy groups -OCH3 is 1. The molecule has 0 radical (unpaired) electrons. The van der Waals surface area contributed by atoms with Gasteiger partial charge in [0, 0.05) is 6.92 Å². The molecule has 19 heavy (non-hydrogen) atoms. The number of nitrogens with zero attached hydrogens (tertiary/aromatic N) is 1. The first kappa shape index (κ1) is 13.5. The summed E-state index contributed by atoms with van der Waals surface area (Å²) < 4.78 is 11.6. The zero-order chi connectivity index (χ0) is 13.8. The summed E-state index contributed by atoms with van der Waals surface area (Å²) in [6.07, 6.45) is 1.52. The fourth-order valence-corrected chi connectivity index (χ4v) is 1.91. The third-order valence-electron chi connectivity index (χ3n) is 2.46. The van der Waals surface area contributed by atoms with Crippen molar-refractivity contribution >= 4 is 21.7 Å². The largest absolute Gasteiger partial charge is 0.497 e. The van der Waals surface area contributed by atoms with E-state index in [4.69, 9.17) is 9.47 Å². The van der Waals surface area contributed by atoms with Crippen molar-refractivity contribution in [3.63, 3.8) is 0 Å². The van der Waals surface area contributed by atoms with Gasteiger partial charge in [-0.1, -0.05) is 0 Å². The number of ketones is 1. The van der Waals surface area contributed by atoms with E-state index in [1.54, 1.807) is 31.4 Å². The Hall–Kier alpha value is -1.88. The van der Waals surface area contributed by atoms with Crippen LogP contribution in [0.4, 0.5) is 0 Å². The van der Waals surface area contributed by atoms with Gasteiger partial charge in [0.25, 0.3) is 0 Å². The predicted octanol–water partition coefficient (Wildman–Crippen LogP) is 3.85. The Labute approximate surface area is 119 Å². The van der Waals surface area contributed by atoms with Crippen molar-refractivity contribution in [3.8, 4) is 17.2 Å². The number of Topliss-reactive ketones (excluding diaryl/α,β-unsaturated/α-hetero) is 1. The fourth-order valence-electron chi connectivity index (χ4n) is 1.47. The van der Waals surface area contributed by atoms with Gasteiger partial charge in [-0.3, -0.25) is 4.79 Å². The summed E-state index contributed by atoms with van der Waals surface area (Å²) in [5.74, 6) is 1.88. The Morgan fingerprint density at radius 2 is 1.95 bits per heavy atom. The van der Waals surface area contributed by atoms with E-state index < -0.39 is 0 Å². The number of carbonyl (C=O) groups is 1. The number of hydrogen-bond donors (Lipinski definition) is 0. The second kappa shape index (κ2) is 5.84. The lowest BCUT2D eigenvalue weighted by Crippen LogP contribution is -1.96. The molecule has 0 aliphatic rings. The van der Waals surface area contributed by atoms with Crippen LogP contribution in [0.3, 0.4) is 0 Å². The lowest BCUT2D eigenvalue weighted by molar-refractivity contribution is 0.101. The van der Waals surface area contributed by atoms with Crippen LogP contribution < -0.4 is 9.47 Å². The van der Waals surface area contributed by atoms with Gasteiger partial charge in [0.1, 0.15) is 22.9 Å². The van der Waals surface area contributed by atoms with E-state index >= 15 is 0 Å². The molecule has 0 saturated carbocycles. The average Bonchev–Trinajstić information content (AvgIpc) is 2.41. The van der Waals surface area contributed by atoms with Crippen molar-refractivity contribution in [1.29, 1.82) is 0 Å². The molecule has 0 aliphatic heterocycles. The van der Waals surface area contributed by atoms with Crippen LogP contribution in [0.5, 0.6) is 17.2 Å². The maximum absolute atomic E-state index is 11.1. The van der Waals surface area contributed by atoms with Crippen molar-refractivity contribution in [2.45, 2.75) is 6.92 Å². The highest BCUT2D eigenvalue weighted by Gasteiger charge is 2.06. The summed E-state index contributed by atoms with van der Waals surface area (Å²) in [4.78, 5) is 15.1. The minimum atomic E-state index is -0.0721. The summed E-state index contributed by atoms with van der Waals surface area (Å²) in [5.41, 5.74) is 0.418. The second-order valence-electron chi connectivity index (χ2n) is 3.83. The summed E-state index contributed by atoms with van der Waals surface area (Å²) in [6, 6.07) is 8.75. The normalized spacial score (nSPS) is 10.1. The first-order chi connectivity index (χ1) is 9.10. The van der Waals surface area contributed by atoms with Gasteiger partial charge in [-0.2, -0.15) is 0 Å².